The summed E-state index contributed by atoms with van der Waals surface area (Å²) in [6, 6.07) is 12.1. The molecule has 0 unspecified atom stereocenters. The fraction of sp³-hybridized carbons (Fsp3) is 0.429. The molecule has 9 heteroatoms. The molecule has 1 amide bonds. The first-order valence-electron chi connectivity index (χ1n) is 12.9. The number of pyridine rings is 1. The van der Waals surface area contributed by atoms with E-state index in [1.165, 1.54) is 6.20 Å². The van der Waals surface area contributed by atoms with Crippen LogP contribution in [0.3, 0.4) is 0 Å². The molecule has 1 N–H and O–H groups in total. The van der Waals surface area contributed by atoms with Crippen molar-refractivity contribution in [3.05, 3.63) is 60.2 Å². The minimum Gasteiger partial charge on any atom is -0.444 e. The molecular formula is C28H33FN6O2. The molecule has 5 rings (SSSR count). The Labute approximate surface area is 216 Å². The lowest BCUT2D eigenvalue weighted by Gasteiger charge is -2.34. The first-order chi connectivity index (χ1) is 17.8. The second-order valence-corrected chi connectivity index (χ2v) is 10.6. The van der Waals surface area contributed by atoms with Crippen molar-refractivity contribution in [2.45, 2.75) is 58.1 Å². The Morgan fingerprint density at radius 3 is 2.57 bits per heavy atom. The van der Waals surface area contributed by atoms with Gasteiger partial charge in [0.2, 0.25) is 5.95 Å². The van der Waals surface area contributed by atoms with Crippen molar-refractivity contribution in [3.63, 3.8) is 0 Å². The summed E-state index contributed by atoms with van der Waals surface area (Å²) in [4.78, 5) is 29.5. The zero-order chi connectivity index (χ0) is 26.0. The van der Waals surface area contributed by atoms with Gasteiger partial charge < -0.3 is 19.9 Å². The minimum absolute atomic E-state index is 0.0829. The fourth-order valence-electron chi connectivity index (χ4n) is 4.78. The number of aryl methyl sites for hydroxylation is 1. The van der Waals surface area contributed by atoms with Gasteiger partial charge in [-0.2, -0.15) is 4.98 Å². The van der Waals surface area contributed by atoms with Crippen LogP contribution in [0.15, 0.2) is 48.8 Å². The maximum Gasteiger partial charge on any atom is 0.410 e. The molecule has 2 aliphatic rings. The van der Waals surface area contributed by atoms with E-state index in [0.717, 1.165) is 48.2 Å². The van der Waals surface area contributed by atoms with Gasteiger partial charge in [-0.1, -0.05) is 30.3 Å². The molecule has 8 nitrogen and oxygen atoms in total. The number of hydrogen-bond donors (Lipinski definition) is 1. The molecule has 2 aliphatic heterocycles. The van der Waals surface area contributed by atoms with Gasteiger partial charge in [0.15, 0.2) is 11.6 Å². The third-order valence-corrected chi connectivity index (χ3v) is 6.61. The van der Waals surface area contributed by atoms with Gasteiger partial charge in [0.05, 0.1) is 11.9 Å². The number of nitrogens with zero attached hydrogens (tertiary/aromatic N) is 5. The van der Waals surface area contributed by atoms with Crippen LogP contribution >= 0.6 is 0 Å². The van der Waals surface area contributed by atoms with E-state index in [2.05, 4.69) is 20.3 Å². The average Bonchev–Trinajstić information content (AvgIpc) is 2.89. The summed E-state index contributed by atoms with van der Waals surface area (Å²) in [7, 11) is 0. The maximum absolute atomic E-state index is 15.1. The molecule has 4 heterocycles. The number of aromatic nitrogens is 3. The van der Waals surface area contributed by atoms with E-state index < -0.39 is 11.4 Å². The van der Waals surface area contributed by atoms with Crippen molar-refractivity contribution in [1.82, 2.24) is 19.9 Å². The van der Waals surface area contributed by atoms with Crippen LogP contribution in [0.4, 0.5) is 26.6 Å². The highest BCUT2D eigenvalue weighted by atomic mass is 19.1. The number of piperidine rings is 1. The number of rotatable bonds is 4. The number of carbonyl (C=O) groups is 1. The largest absolute Gasteiger partial charge is 0.444 e. The Kier molecular flexibility index (Phi) is 6.95. The number of nitrogens with one attached hydrogen (secondary N) is 1. The first-order valence-corrected chi connectivity index (χ1v) is 12.9. The number of amides is 1. The molecule has 0 spiro atoms. The second kappa shape index (κ2) is 10.3. The highest BCUT2D eigenvalue weighted by Crippen LogP contribution is 2.36. The third-order valence-electron chi connectivity index (χ3n) is 6.61. The summed E-state index contributed by atoms with van der Waals surface area (Å²) >= 11 is 0. The zero-order valence-electron chi connectivity index (χ0n) is 21.6. The topological polar surface area (TPSA) is 83.5 Å². The van der Waals surface area contributed by atoms with Crippen LogP contribution < -0.4 is 10.2 Å². The van der Waals surface area contributed by atoms with Crippen molar-refractivity contribution >= 4 is 23.5 Å². The van der Waals surface area contributed by atoms with Gasteiger partial charge in [0.1, 0.15) is 5.60 Å². The number of hydrogen-bond acceptors (Lipinski definition) is 7. The summed E-state index contributed by atoms with van der Waals surface area (Å²) < 4.78 is 20.5. The molecule has 2 aromatic heterocycles. The van der Waals surface area contributed by atoms with Crippen LogP contribution in [0.5, 0.6) is 0 Å². The van der Waals surface area contributed by atoms with Gasteiger partial charge in [-0.05, 0) is 58.1 Å². The lowest BCUT2D eigenvalue weighted by Crippen LogP contribution is -2.44. The predicted molar refractivity (Wildman–Crippen MR) is 141 cm³/mol. The Morgan fingerprint density at radius 2 is 1.84 bits per heavy atom. The van der Waals surface area contributed by atoms with Gasteiger partial charge in [-0.25, -0.2) is 14.2 Å². The SMILES string of the molecule is CC(C)(C)OC(=O)N1CCC(Nc2ncc(F)c(N3CCCc4cnc(-c5ccccc5)cc43)n2)CC1. The molecule has 0 bridgehead atoms. The molecule has 3 aromatic rings. The van der Waals surface area contributed by atoms with Crippen LogP contribution in [-0.2, 0) is 11.2 Å². The van der Waals surface area contributed by atoms with Crippen molar-refractivity contribution < 1.29 is 13.9 Å². The number of likely N-dealkylation sites (tertiary alicyclic amines) is 1. The van der Waals surface area contributed by atoms with Crippen LogP contribution in [0.25, 0.3) is 11.3 Å². The molecule has 0 saturated carbocycles. The fourth-order valence-corrected chi connectivity index (χ4v) is 4.78. The first kappa shape index (κ1) is 24.9. The van der Waals surface area contributed by atoms with Gasteiger partial charge >= 0.3 is 6.09 Å². The molecule has 1 saturated heterocycles. The van der Waals surface area contributed by atoms with E-state index in [0.29, 0.717) is 25.6 Å². The number of halogens is 1. The normalized spacial score (nSPS) is 16.3. The summed E-state index contributed by atoms with van der Waals surface area (Å²) in [6.07, 6.45) is 6.06. The van der Waals surface area contributed by atoms with E-state index >= 15 is 4.39 Å². The quantitative estimate of drug-likeness (QED) is 0.497. The number of anilines is 3. The number of benzene rings is 1. The highest BCUT2D eigenvalue weighted by Gasteiger charge is 2.28. The van der Waals surface area contributed by atoms with Crippen LogP contribution in [0.2, 0.25) is 0 Å². The molecule has 0 aliphatic carbocycles. The minimum atomic E-state index is -0.518. The van der Waals surface area contributed by atoms with E-state index in [1.54, 1.807) is 4.90 Å². The van der Waals surface area contributed by atoms with E-state index in [1.807, 2.05) is 68.3 Å². The van der Waals surface area contributed by atoms with E-state index in [4.69, 9.17) is 4.74 Å². The van der Waals surface area contributed by atoms with Crippen molar-refractivity contribution in [3.8, 4) is 11.3 Å². The van der Waals surface area contributed by atoms with Gasteiger partial charge in [-0.3, -0.25) is 4.98 Å². The summed E-state index contributed by atoms with van der Waals surface area (Å²) in [5.74, 6) is 0.183. The van der Waals surface area contributed by atoms with E-state index in [9.17, 15) is 4.79 Å². The number of carbonyl (C=O) groups excluding carboxylic acids is 1. The monoisotopic (exact) mass is 504 g/mol. The highest BCUT2D eigenvalue weighted by molar-refractivity contribution is 5.72. The van der Waals surface area contributed by atoms with Crippen LogP contribution in [0.1, 0.15) is 45.6 Å². The molecule has 0 atom stereocenters. The number of ether oxygens (including phenoxy) is 1. The molecule has 0 radical (unpaired) electrons. The molecular weight excluding hydrogens is 471 g/mol. The maximum atomic E-state index is 15.1. The van der Waals surface area contributed by atoms with E-state index in [-0.39, 0.29) is 18.0 Å². The van der Waals surface area contributed by atoms with Gasteiger partial charge in [0, 0.05) is 43.1 Å². The van der Waals surface area contributed by atoms with Gasteiger partial charge in [0.25, 0.3) is 0 Å². The molecule has 1 fully saturated rings. The Balaban J connectivity index is 1.31. The molecule has 1 aromatic carbocycles. The number of fused-ring (bicyclic) bond motifs is 1. The summed E-state index contributed by atoms with van der Waals surface area (Å²) in [5.41, 5.74) is 3.34. The molecule has 194 valence electrons. The summed E-state index contributed by atoms with van der Waals surface area (Å²) in [6.45, 7) is 7.41. The standard InChI is InChI=1S/C28H33FN6O2/c1-28(2,3)37-27(36)34-14-11-21(12-15-34)32-26-31-18-22(29)25(33-26)35-13-7-10-20-17-30-23(16-24(20)35)19-8-5-4-6-9-19/h4-6,8-9,16-18,21H,7,10-15H2,1-3H3,(H,31,32,33). The zero-order valence-corrected chi connectivity index (χ0v) is 21.6. The van der Waals surface area contributed by atoms with Crippen molar-refractivity contribution in [2.75, 3.05) is 29.9 Å². The van der Waals surface area contributed by atoms with Crippen LogP contribution in [0, 0.1) is 5.82 Å². The Hall–Kier alpha value is -3.75. The predicted octanol–water partition coefficient (Wildman–Crippen LogP) is 5.57. The smallest absolute Gasteiger partial charge is 0.410 e. The summed E-state index contributed by atoms with van der Waals surface area (Å²) in [5, 5.41) is 3.35. The third kappa shape index (κ3) is 5.81. The average molecular weight is 505 g/mol. The van der Waals surface area contributed by atoms with Crippen LogP contribution in [-0.4, -0.2) is 57.2 Å². The molecule has 37 heavy (non-hydrogen) atoms. The lowest BCUT2D eigenvalue weighted by molar-refractivity contribution is 0.0210. The second-order valence-electron chi connectivity index (χ2n) is 10.6. The lowest BCUT2D eigenvalue weighted by atomic mass is 10.0. The Morgan fingerprint density at radius 1 is 1.08 bits per heavy atom. The Bertz CT molecular complexity index is 1260. The van der Waals surface area contributed by atoms with Crippen molar-refractivity contribution in [2.24, 2.45) is 0 Å². The van der Waals surface area contributed by atoms with Crippen molar-refractivity contribution in [1.29, 1.82) is 0 Å². The van der Waals surface area contributed by atoms with Gasteiger partial charge in [-0.15, -0.1) is 0 Å².